The van der Waals surface area contributed by atoms with Crippen molar-refractivity contribution in [3.05, 3.63) is 0 Å². The summed E-state index contributed by atoms with van der Waals surface area (Å²) in [6.07, 6.45) is 6.89. The minimum atomic E-state index is 0.477. The van der Waals surface area contributed by atoms with E-state index < -0.39 is 0 Å². The summed E-state index contributed by atoms with van der Waals surface area (Å²) in [5.41, 5.74) is 0.477. The van der Waals surface area contributed by atoms with E-state index in [1.54, 1.807) is 0 Å². The van der Waals surface area contributed by atoms with Crippen molar-refractivity contribution in [2.24, 2.45) is 5.41 Å². The molecule has 2 heteroatoms. The Kier molecular flexibility index (Phi) is 5.77. The van der Waals surface area contributed by atoms with Crippen molar-refractivity contribution >= 4 is 0 Å². The standard InChI is InChI=1S/C14H30N2/c1-14(2,3)9-12-16-11-6-5-7-13(16)8-10-15-4/h13,15H,5-12H2,1-4H3. The molecule has 0 saturated carbocycles. The number of piperidine rings is 1. The van der Waals surface area contributed by atoms with Crippen molar-refractivity contribution in [1.29, 1.82) is 0 Å². The Morgan fingerprint density at radius 1 is 1.25 bits per heavy atom. The van der Waals surface area contributed by atoms with E-state index in [2.05, 4.69) is 38.0 Å². The summed E-state index contributed by atoms with van der Waals surface area (Å²) in [7, 11) is 2.06. The average Bonchev–Trinajstić information content (AvgIpc) is 2.23. The molecule has 1 aliphatic heterocycles. The molecular formula is C14H30N2. The maximum absolute atomic E-state index is 3.28. The van der Waals surface area contributed by atoms with Gasteiger partial charge in [0.25, 0.3) is 0 Å². The molecule has 0 radical (unpaired) electrons. The first-order chi connectivity index (χ1) is 7.53. The summed E-state index contributed by atoms with van der Waals surface area (Å²) < 4.78 is 0. The van der Waals surface area contributed by atoms with Crippen LogP contribution in [0.15, 0.2) is 0 Å². The molecule has 0 amide bonds. The minimum Gasteiger partial charge on any atom is -0.320 e. The summed E-state index contributed by atoms with van der Waals surface area (Å²) >= 11 is 0. The van der Waals surface area contributed by atoms with E-state index in [-0.39, 0.29) is 0 Å². The SMILES string of the molecule is CNCCC1CCCCN1CCC(C)(C)C. The molecule has 0 aliphatic carbocycles. The first-order valence-corrected chi connectivity index (χ1v) is 6.91. The van der Waals surface area contributed by atoms with Crippen molar-refractivity contribution in [2.45, 2.75) is 58.9 Å². The highest BCUT2D eigenvalue weighted by Gasteiger charge is 2.23. The Balaban J connectivity index is 2.34. The van der Waals surface area contributed by atoms with Gasteiger partial charge in [-0.1, -0.05) is 27.2 Å². The molecule has 0 aromatic heterocycles. The fourth-order valence-corrected chi connectivity index (χ4v) is 2.47. The van der Waals surface area contributed by atoms with Crippen LogP contribution in [0.5, 0.6) is 0 Å². The first kappa shape index (κ1) is 14.0. The molecule has 2 nitrogen and oxygen atoms in total. The van der Waals surface area contributed by atoms with Crippen LogP contribution in [0, 0.1) is 5.41 Å². The zero-order valence-electron chi connectivity index (χ0n) is 11.7. The molecule has 1 aliphatic rings. The van der Waals surface area contributed by atoms with Crippen molar-refractivity contribution < 1.29 is 0 Å². The van der Waals surface area contributed by atoms with Crippen LogP contribution in [-0.4, -0.2) is 37.6 Å². The van der Waals surface area contributed by atoms with E-state index >= 15 is 0 Å². The van der Waals surface area contributed by atoms with Gasteiger partial charge in [0.1, 0.15) is 0 Å². The number of rotatable bonds is 5. The van der Waals surface area contributed by atoms with E-state index in [0.717, 1.165) is 12.6 Å². The number of hydrogen-bond donors (Lipinski definition) is 1. The molecule has 1 heterocycles. The van der Waals surface area contributed by atoms with Crippen LogP contribution >= 0.6 is 0 Å². The molecule has 1 atom stereocenters. The molecule has 0 spiro atoms. The number of nitrogens with one attached hydrogen (secondary N) is 1. The van der Waals surface area contributed by atoms with Gasteiger partial charge in [-0.2, -0.15) is 0 Å². The molecule has 0 aromatic rings. The highest BCUT2D eigenvalue weighted by Crippen LogP contribution is 2.24. The fraction of sp³-hybridized carbons (Fsp3) is 1.00. The van der Waals surface area contributed by atoms with Crippen LogP contribution < -0.4 is 5.32 Å². The maximum atomic E-state index is 3.28. The molecule has 1 saturated heterocycles. The topological polar surface area (TPSA) is 15.3 Å². The van der Waals surface area contributed by atoms with Crippen LogP contribution in [-0.2, 0) is 0 Å². The van der Waals surface area contributed by atoms with Gasteiger partial charge in [0.05, 0.1) is 0 Å². The zero-order chi connectivity index (χ0) is 12.0. The summed E-state index contributed by atoms with van der Waals surface area (Å²) in [5.74, 6) is 0. The highest BCUT2D eigenvalue weighted by atomic mass is 15.2. The second kappa shape index (κ2) is 6.61. The Morgan fingerprint density at radius 2 is 2.00 bits per heavy atom. The van der Waals surface area contributed by atoms with Crippen molar-refractivity contribution in [2.75, 3.05) is 26.7 Å². The molecule has 16 heavy (non-hydrogen) atoms. The summed E-state index contributed by atoms with van der Waals surface area (Å²) in [6.45, 7) is 10.8. The van der Waals surface area contributed by atoms with Gasteiger partial charge in [-0.25, -0.2) is 0 Å². The quantitative estimate of drug-likeness (QED) is 0.775. The van der Waals surface area contributed by atoms with Gasteiger partial charge >= 0.3 is 0 Å². The second-order valence-corrected chi connectivity index (χ2v) is 6.39. The lowest BCUT2D eigenvalue weighted by Gasteiger charge is -2.37. The average molecular weight is 226 g/mol. The molecule has 1 fully saturated rings. The van der Waals surface area contributed by atoms with Gasteiger partial charge in [0.2, 0.25) is 0 Å². The van der Waals surface area contributed by atoms with Gasteiger partial charge in [-0.15, -0.1) is 0 Å². The molecule has 1 unspecified atom stereocenters. The number of likely N-dealkylation sites (tertiary alicyclic amines) is 1. The lowest BCUT2D eigenvalue weighted by Crippen LogP contribution is -2.42. The predicted octanol–water partition coefficient (Wildman–Crippen LogP) is 2.89. The van der Waals surface area contributed by atoms with Crippen LogP contribution in [0.3, 0.4) is 0 Å². The normalized spacial score (nSPS) is 23.6. The smallest absolute Gasteiger partial charge is 0.0107 e. The summed E-state index contributed by atoms with van der Waals surface area (Å²) in [6, 6.07) is 0.837. The number of nitrogens with zero attached hydrogens (tertiary/aromatic N) is 1. The van der Waals surface area contributed by atoms with Gasteiger partial charge < -0.3 is 10.2 Å². The van der Waals surface area contributed by atoms with Crippen LogP contribution in [0.1, 0.15) is 52.9 Å². The Hall–Kier alpha value is -0.0800. The molecule has 0 aromatic carbocycles. The van der Waals surface area contributed by atoms with Crippen LogP contribution in [0.25, 0.3) is 0 Å². The van der Waals surface area contributed by atoms with Crippen LogP contribution in [0.2, 0.25) is 0 Å². The molecule has 96 valence electrons. The lowest BCUT2D eigenvalue weighted by molar-refractivity contribution is 0.123. The maximum Gasteiger partial charge on any atom is 0.0107 e. The van der Waals surface area contributed by atoms with Gasteiger partial charge in [0.15, 0.2) is 0 Å². The fourth-order valence-electron chi connectivity index (χ4n) is 2.47. The third-order valence-corrected chi connectivity index (χ3v) is 3.63. The van der Waals surface area contributed by atoms with Gasteiger partial charge in [0, 0.05) is 6.04 Å². The Labute approximate surface area is 102 Å². The van der Waals surface area contributed by atoms with E-state index in [1.165, 1.54) is 45.2 Å². The van der Waals surface area contributed by atoms with Crippen molar-refractivity contribution in [3.63, 3.8) is 0 Å². The monoisotopic (exact) mass is 226 g/mol. The predicted molar refractivity (Wildman–Crippen MR) is 71.8 cm³/mol. The highest BCUT2D eigenvalue weighted by molar-refractivity contribution is 4.78. The molecule has 1 N–H and O–H groups in total. The Bertz CT molecular complexity index is 184. The molecule has 1 rings (SSSR count). The van der Waals surface area contributed by atoms with E-state index in [4.69, 9.17) is 0 Å². The molecular weight excluding hydrogens is 196 g/mol. The second-order valence-electron chi connectivity index (χ2n) is 6.39. The van der Waals surface area contributed by atoms with Crippen molar-refractivity contribution in [3.8, 4) is 0 Å². The van der Waals surface area contributed by atoms with Gasteiger partial charge in [-0.3, -0.25) is 0 Å². The first-order valence-electron chi connectivity index (χ1n) is 6.91. The van der Waals surface area contributed by atoms with E-state index in [0.29, 0.717) is 5.41 Å². The summed E-state index contributed by atoms with van der Waals surface area (Å²) in [5, 5.41) is 3.28. The third kappa shape index (κ3) is 5.31. The number of hydrogen-bond acceptors (Lipinski definition) is 2. The van der Waals surface area contributed by atoms with Crippen LogP contribution in [0.4, 0.5) is 0 Å². The zero-order valence-corrected chi connectivity index (χ0v) is 11.7. The molecule has 0 bridgehead atoms. The van der Waals surface area contributed by atoms with E-state index in [1.807, 2.05) is 0 Å². The van der Waals surface area contributed by atoms with Crippen molar-refractivity contribution in [1.82, 2.24) is 10.2 Å². The third-order valence-electron chi connectivity index (χ3n) is 3.63. The Morgan fingerprint density at radius 3 is 2.62 bits per heavy atom. The minimum absolute atomic E-state index is 0.477. The van der Waals surface area contributed by atoms with E-state index in [9.17, 15) is 0 Å². The summed E-state index contributed by atoms with van der Waals surface area (Å²) in [4.78, 5) is 2.73. The lowest BCUT2D eigenvalue weighted by atomic mass is 9.90. The largest absolute Gasteiger partial charge is 0.320 e. The van der Waals surface area contributed by atoms with Gasteiger partial charge in [-0.05, 0) is 57.8 Å².